The molecule has 0 radical (unpaired) electrons. The Bertz CT molecular complexity index is 997. The summed E-state index contributed by atoms with van der Waals surface area (Å²) in [7, 11) is 0. The molecule has 0 N–H and O–H groups in total. The Morgan fingerprint density at radius 1 is 1.07 bits per heavy atom. The van der Waals surface area contributed by atoms with Gasteiger partial charge >= 0.3 is 0 Å². The second-order valence-electron chi connectivity index (χ2n) is 6.94. The number of anilines is 2. The van der Waals surface area contributed by atoms with Crippen LogP contribution in [0.1, 0.15) is 6.92 Å². The predicted molar refractivity (Wildman–Crippen MR) is 115 cm³/mol. The maximum absolute atomic E-state index is 12.6. The van der Waals surface area contributed by atoms with Crippen LogP contribution in [0.5, 0.6) is 5.75 Å². The molecule has 1 aliphatic rings. The first-order valence-electron chi connectivity index (χ1n) is 10.1. The first kappa shape index (κ1) is 19.3. The van der Waals surface area contributed by atoms with Crippen molar-refractivity contribution in [3.05, 3.63) is 64.8 Å². The summed E-state index contributed by atoms with van der Waals surface area (Å²) in [4.78, 5) is 16.9. The van der Waals surface area contributed by atoms with Gasteiger partial charge in [0.15, 0.2) is 22.6 Å². The molecule has 152 valence electrons. The summed E-state index contributed by atoms with van der Waals surface area (Å²) in [5.74, 6) is 1.17. The van der Waals surface area contributed by atoms with Crippen molar-refractivity contribution >= 4 is 22.5 Å². The summed E-state index contributed by atoms with van der Waals surface area (Å²) in [6.07, 6.45) is 0. The number of hydrogen-bond acceptors (Lipinski definition) is 6. The standard InChI is InChI=1S/C23H26N2O4/c1-2-24(18-7-4-3-5-8-18)13-16-28-21-10-6-9-19-20(26)17-22(29-23(19)21)25-11-14-27-15-12-25/h3-10,17H,2,11-16H2,1H3. The van der Waals surface area contributed by atoms with Crippen molar-refractivity contribution in [3.8, 4) is 5.75 Å². The largest absolute Gasteiger partial charge is 0.488 e. The van der Waals surface area contributed by atoms with Gasteiger partial charge in [0.25, 0.3) is 0 Å². The molecule has 0 unspecified atom stereocenters. The predicted octanol–water partition coefficient (Wildman–Crippen LogP) is 3.53. The molecule has 2 aromatic carbocycles. The fourth-order valence-electron chi connectivity index (χ4n) is 3.57. The maximum Gasteiger partial charge on any atom is 0.200 e. The van der Waals surface area contributed by atoms with Gasteiger partial charge in [0.1, 0.15) is 6.61 Å². The number of ether oxygens (including phenoxy) is 2. The van der Waals surface area contributed by atoms with E-state index < -0.39 is 0 Å². The van der Waals surface area contributed by atoms with Crippen molar-refractivity contribution in [2.75, 3.05) is 55.8 Å². The molecule has 1 fully saturated rings. The lowest BCUT2D eigenvalue weighted by Crippen LogP contribution is -2.36. The Hall–Kier alpha value is -2.99. The van der Waals surface area contributed by atoms with Gasteiger partial charge < -0.3 is 23.7 Å². The van der Waals surface area contributed by atoms with Crippen LogP contribution in [-0.4, -0.2) is 46.0 Å². The molecule has 0 aliphatic carbocycles. The number of fused-ring (bicyclic) bond motifs is 1. The molecule has 1 aromatic heterocycles. The first-order chi connectivity index (χ1) is 14.3. The van der Waals surface area contributed by atoms with Crippen molar-refractivity contribution < 1.29 is 13.9 Å². The lowest BCUT2D eigenvalue weighted by molar-refractivity contribution is 0.120. The highest BCUT2D eigenvalue weighted by molar-refractivity contribution is 5.83. The summed E-state index contributed by atoms with van der Waals surface area (Å²) in [6, 6.07) is 17.3. The Morgan fingerprint density at radius 3 is 2.62 bits per heavy atom. The van der Waals surface area contributed by atoms with Gasteiger partial charge in [-0.2, -0.15) is 0 Å². The molecule has 6 nitrogen and oxygen atoms in total. The molecule has 2 heterocycles. The summed E-state index contributed by atoms with van der Waals surface area (Å²) >= 11 is 0. The maximum atomic E-state index is 12.6. The molecule has 0 bridgehead atoms. The Balaban J connectivity index is 1.53. The van der Waals surface area contributed by atoms with Crippen molar-refractivity contribution in [2.24, 2.45) is 0 Å². The topological polar surface area (TPSA) is 55.2 Å². The smallest absolute Gasteiger partial charge is 0.200 e. The highest BCUT2D eigenvalue weighted by Gasteiger charge is 2.17. The number of hydrogen-bond donors (Lipinski definition) is 0. The number of rotatable bonds is 7. The van der Waals surface area contributed by atoms with Crippen molar-refractivity contribution in [3.63, 3.8) is 0 Å². The van der Waals surface area contributed by atoms with Crippen molar-refractivity contribution in [1.29, 1.82) is 0 Å². The SMILES string of the molecule is CCN(CCOc1cccc2c(=O)cc(N3CCOCC3)oc12)c1ccccc1. The van der Waals surface area contributed by atoms with Crippen LogP contribution >= 0.6 is 0 Å². The number of likely N-dealkylation sites (N-methyl/N-ethyl adjacent to an activating group) is 1. The molecule has 3 aromatic rings. The van der Waals surface area contributed by atoms with Gasteiger partial charge in [0, 0.05) is 31.4 Å². The van der Waals surface area contributed by atoms with Gasteiger partial charge in [0.2, 0.25) is 0 Å². The third kappa shape index (κ3) is 4.38. The lowest BCUT2D eigenvalue weighted by Gasteiger charge is -2.27. The zero-order chi connectivity index (χ0) is 20.1. The van der Waals surface area contributed by atoms with E-state index in [0.29, 0.717) is 55.5 Å². The van der Waals surface area contributed by atoms with Gasteiger partial charge in [-0.05, 0) is 31.2 Å². The minimum absolute atomic E-state index is 0.0577. The third-order valence-electron chi connectivity index (χ3n) is 5.15. The highest BCUT2D eigenvalue weighted by Crippen LogP contribution is 2.28. The van der Waals surface area contributed by atoms with Gasteiger partial charge in [-0.25, -0.2) is 0 Å². The summed E-state index contributed by atoms with van der Waals surface area (Å²) in [5.41, 5.74) is 1.61. The van der Waals surface area contributed by atoms with Crippen LogP contribution in [-0.2, 0) is 4.74 Å². The number of morpholine rings is 1. The summed E-state index contributed by atoms with van der Waals surface area (Å²) in [6.45, 7) is 6.92. The fourth-order valence-corrected chi connectivity index (χ4v) is 3.57. The van der Waals surface area contributed by atoms with Gasteiger partial charge in [0.05, 0.1) is 25.1 Å². The molecule has 4 rings (SSSR count). The quantitative estimate of drug-likeness (QED) is 0.611. The normalized spacial score (nSPS) is 14.2. The van der Waals surface area contributed by atoms with Crippen LogP contribution in [0.2, 0.25) is 0 Å². The lowest BCUT2D eigenvalue weighted by atomic mass is 10.2. The molecule has 0 atom stereocenters. The minimum Gasteiger partial charge on any atom is -0.488 e. The molecule has 1 aliphatic heterocycles. The van der Waals surface area contributed by atoms with Crippen LogP contribution in [0, 0.1) is 0 Å². The Morgan fingerprint density at radius 2 is 1.86 bits per heavy atom. The molecule has 1 saturated heterocycles. The van der Waals surface area contributed by atoms with E-state index in [1.165, 1.54) is 0 Å². The zero-order valence-electron chi connectivity index (χ0n) is 16.7. The Kier molecular flexibility index (Phi) is 6.00. The van der Waals surface area contributed by atoms with E-state index in [1.54, 1.807) is 12.1 Å². The fraction of sp³-hybridized carbons (Fsp3) is 0.348. The third-order valence-corrected chi connectivity index (χ3v) is 5.15. The Labute approximate surface area is 170 Å². The molecule has 0 amide bonds. The highest BCUT2D eigenvalue weighted by atomic mass is 16.5. The molecular weight excluding hydrogens is 368 g/mol. The monoisotopic (exact) mass is 394 g/mol. The van der Waals surface area contributed by atoms with E-state index >= 15 is 0 Å². The number of nitrogens with zero attached hydrogens (tertiary/aromatic N) is 2. The van der Waals surface area contributed by atoms with E-state index in [0.717, 1.165) is 18.8 Å². The minimum atomic E-state index is -0.0577. The molecule has 6 heteroatoms. The van der Waals surface area contributed by atoms with E-state index in [4.69, 9.17) is 13.9 Å². The first-order valence-corrected chi connectivity index (χ1v) is 10.1. The average molecular weight is 394 g/mol. The van der Waals surface area contributed by atoms with Crippen LogP contribution in [0.15, 0.2) is 63.8 Å². The second-order valence-corrected chi connectivity index (χ2v) is 6.94. The molecule has 29 heavy (non-hydrogen) atoms. The average Bonchev–Trinajstić information content (AvgIpc) is 2.78. The van der Waals surface area contributed by atoms with E-state index in [9.17, 15) is 4.79 Å². The summed E-state index contributed by atoms with van der Waals surface area (Å²) < 4.78 is 17.6. The van der Waals surface area contributed by atoms with Crippen molar-refractivity contribution in [1.82, 2.24) is 0 Å². The molecule has 0 spiro atoms. The van der Waals surface area contributed by atoms with E-state index in [-0.39, 0.29) is 5.43 Å². The van der Waals surface area contributed by atoms with Crippen molar-refractivity contribution in [2.45, 2.75) is 6.92 Å². The van der Waals surface area contributed by atoms with E-state index in [2.05, 4.69) is 24.0 Å². The number of para-hydroxylation sites is 2. The van der Waals surface area contributed by atoms with Crippen LogP contribution in [0.3, 0.4) is 0 Å². The second kappa shape index (κ2) is 9.01. The number of benzene rings is 2. The van der Waals surface area contributed by atoms with Gasteiger partial charge in [-0.15, -0.1) is 0 Å². The van der Waals surface area contributed by atoms with Crippen LogP contribution in [0.25, 0.3) is 11.0 Å². The van der Waals surface area contributed by atoms with Crippen LogP contribution in [0.4, 0.5) is 11.6 Å². The zero-order valence-corrected chi connectivity index (χ0v) is 16.7. The van der Waals surface area contributed by atoms with Gasteiger partial charge in [-0.3, -0.25) is 4.79 Å². The molecule has 0 saturated carbocycles. The van der Waals surface area contributed by atoms with Gasteiger partial charge in [-0.1, -0.05) is 24.3 Å². The van der Waals surface area contributed by atoms with Crippen LogP contribution < -0.4 is 20.0 Å². The van der Waals surface area contributed by atoms with E-state index in [1.807, 2.05) is 35.2 Å². The summed E-state index contributed by atoms with van der Waals surface area (Å²) in [5, 5.41) is 0.537. The molecular formula is C23H26N2O4.